The van der Waals surface area contributed by atoms with E-state index in [2.05, 4.69) is 33.1 Å². The summed E-state index contributed by atoms with van der Waals surface area (Å²) in [5.74, 6) is 2.78. The largest absolute Gasteiger partial charge is 0.316 e. The monoisotopic (exact) mass is 141 g/mol. The summed E-state index contributed by atoms with van der Waals surface area (Å²) in [6, 6.07) is 0.824. The quantitative estimate of drug-likeness (QED) is 0.633. The van der Waals surface area contributed by atoms with Crippen molar-refractivity contribution in [3.05, 3.63) is 0 Å². The summed E-state index contributed by atoms with van der Waals surface area (Å²) in [6.45, 7) is 6.94. The smallest absolute Gasteiger partial charge is 0.0129 e. The van der Waals surface area contributed by atoms with Crippen LogP contribution in [0.15, 0.2) is 0 Å². The molecule has 0 unspecified atom stereocenters. The van der Waals surface area contributed by atoms with Gasteiger partial charge in [-0.15, -0.1) is 0 Å². The molecule has 60 valence electrons. The zero-order valence-corrected chi connectivity index (χ0v) is 7.52. The minimum Gasteiger partial charge on any atom is -0.316 e. The summed E-state index contributed by atoms with van der Waals surface area (Å²) in [5.41, 5.74) is 0. The Morgan fingerprint density at radius 1 is 1.40 bits per heavy atom. The highest BCUT2D eigenvalue weighted by Gasteiger charge is 2.48. The van der Waals surface area contributed by atoms with Crippen molar-refractivity contribution in [1.29, 1.82) is 0 Å². The number of rotatable bonds is 3. The third-order valence-corrected chi connectivity index (χ3v) is 2.80. The summed E-state index contributed by atoms with van der Waals surface area (Å²) in [6.07, 6.45) is 1.34. The van der Waals surface area contributed by atoms with Crippen molar-refractivity contribution in [2.75, 3.05) is 7.05 Å². The summed E-state index contributed by atoms with van der Waals surface area (Å²) < 4.78 is 0. The van der Waals surface area contributed by atoms with Crippen molar-refractivity contribution in [1.82, 2.24) is 5.32 Å². The topological polar surface area (TPSA) is 12.0 Å². The number of hydrogen-bond donors (Lipinski definition) is 1. The summed E-state index contributed by atoms with van der Waals surface area (Å²) in [4.78, 5) is 0. The van der Waals surface area contributed by atoms with Crippen LogP contribution in [0.1, 0.15) is 27.2 Å². The third-order valence-electron chi connectivity index (χ3n) is 2.80. The first-order valence-corrected chi connectivity index (χ1v) is 4.39. The highest BCUT2D eigenvalue weighted by atomic mass is 15.0. The van der Waals surface area contributed by atoms with Crippen LogP contribution in [0.2, 0.25) is 0 Å². The van der Waals surface area contributed by atoms with Gasteiger partial charge in [0.1, 0.15) is 0 Å². The average molecular weight is 141 g/mol. The van der Waals surface area contributed by atoms with E-state index in [4.69, 9.17) is 0 Å². The van der Waals surface area contributed by atoms with Gasteiger partial charge in [-0.05, 0) is 24.8 Å². The van der Waals surface area contributed by atoms with Gasteiger partial charge in [-0.1, -0.05) is 27.2 Å². The molecule has 0 radical (unpaired) electrons. The average Bonchev–Trinajstić information content (AvgIpc) is 2.60. The fraction of sp³-hybridized carbons (Fsp3) is 1.00. The number of hydrogen-bond acceptors (Lipinski definition) is 1. The zero-order chi connectivity index (χ0) is 7.72. The Morgan fingerprint density at radius 3 is 2.10 bits per heavy atom. The first-order valence-electron chi connectivity index (χ1n) is 4.39. The van der Waals surface area contributed by atoms with Crippen LogP contribution in [0, 0.1) is 17.8 Å². The van der Waals surface area contributed by atoms with E-state index in [0.29, 0.717) is 0 Å². The molecule has 0 heterocycles. The van der Waals surface area contributed by atoms with Crippen LogP contribution < -0.4 is 5.32 Å². The maximum absolute atomic E-state index is 3.37. The van der Waals surface area contributed by atoms with Crippen LogP contribution in [0.4, 0.5) is 0 Å². The molecule has 0 aromatic rings. The van der Waals surface area contributed by atoms with Crippen molar-refractivity contribution in [2.45, 2.75) is 33.2 Å². The molecule has 1 aliphatic carbocycles. The Labute approximate surface area is 64.2 Å². The zero-order valence-electron chi connectivity index (χ0n) is 7.52. The molecular weight excluding hydrogens is 122 g/mol. The molecule has 3 atom stereocenters. The van der Waals surface area contributed by atoms with Crippen LogP contribution in [-0.2, 0) is 0 Å². The van der Waals surface area contributed by atoms with E-state index in [1.54, 1.807) is 0 Å². The lowest BCUT2D eigenvalue weighted by Gasteiger charge is -2.00. The van der Waals surface area contributed by atoms with Crippen LogP contribution >= 0.6 is 0 Å². The van der Waals surface area contributed by atoms with E-state index >= 15 is 0 Å². The number of nitrogens with one attached hydrogen (secondary N) is 1. The Bertz CT molecular complexity index is 99.3. The molecule has 0 aromatic carbocycles. The first-order chi connectivity index (χ1) is 4.72. The fourth-order valence-electron chi connectivity index (χ4n) is 2.24. The maximum Gasteiger partial charge on any atom is 0.0129 e. The second-order valence-corrected chi connectivity index (χ2v) is 3.71. The van der Waals surface area contributed by atoms with Gasteiger partial charge in [0.05, 0.1) is 0 Å². The van der Waals surface area contributed by atoms with Crippen LogP contribution in [-0.4, -0.2) is 13.1 Å². The van der Waals surface area contributed by atoms with Gasteiger partial charge < -0.3 is 5.32 Å². The van der Waals surface area contributed by atoms with E-state index in [1.807, 2.05) is 0 Å². The van der Waals surface area contributed by atoms with Crippen LogP contribution in [0.5, 0.6) is 0 Å². The lowest BCUT2D eigenvalue weighted by Crippen LogP contribution is -2.13. The van der Waals surface area contributed by atoms with E-state index in [1.165, 1.54) is 6.42 Å². The van der Waals surface area contributed by atoms with E-state index in [0.717, 1.165) is 23.8 Å². The van der Waals surface area contributed by atoms with Gasteiger partial charge in [0.25, 0.3) is 0 Å². The van der Waals surface area contributed by atoms with E-state index < -0.39 is 0 Å². The Morgan fingerprint density at radius 2 is 2.00 bits per heavy atom. The van der Waals surface area contributed by atoms with Gasteiger partial charge in [-0.2, -0.15) is 0 Å². The minimum absolute atomic E-state index is 0.824. The van der Waals surface area contributed by atoms with Gasteiger partial charge in [-0.25, -0.2) is 0 Å². The molecule has 0 bridgehead atoms. The molecule has 1 N–H and O–H groups in total. The van der Waals surface area contributed by atoms with Gasteiger partial charge >= 0.3 is 0 Å². The summed E-state index contributed by atoms with van der Waals surface area (Å²) >= 11 is 0. The minimum atomic E-state index is 0.824. The molecule has 1 nitrogen and oxygen atoms in total. The first kappa shape index (κ1) is 8.06. The summed E-state index contributed by atoms with van der Waals surface area (Å²) in [5, 5.41) is 3.37. The SMILES string of the molecule is CC[C@@H]1[C@@H](NC)[C@H]1C(C)C. The van der Waals surface area contributed by atoms with Gasteiger partial charge in [0.2, 0.25) is 0 Å². The molecule has 1 saturated carbocycles. The Hall–Kier alpha value is -0.0400. The van der Waals surface area contributed by atoms with Gasteiger partial charge in [0.15, 0.2) is 0 Å². The lowest BCUT2D eigenvalue weighted by molar-refractivity contribution is 0.502. The normalized spacial score (nSPS) is 38.7. The molecule has 0 aliphatic heterocycles. The molecule has 1 heteroatoms. The van der Waals surface area contributed by atoms with Crippen molar-refractivity contribution in [3.8, 4) is 0 Å². The molecule has 1 aliphatic rings. The van der Waals surface area contributed by atoms with Crippen molar-refractivity contribution >= 4 is 0 Å². The summed E-state index contributed by atoms with van der Waals surface area (Å²) in [7, 11) is 2.08. The van der Waals surface area contributed by atoms with Gasteiger partial charge in [-0.3, -0.25) is 0 Å². The standard InChI is InChI=1S/C9H19N/c1-5-7-8(6(2)3)9(7)10-4/h6-10H,5H2,1-4H3/t7-,8-,9+/m0/s1. The van der Waals surface area contributed by atoms with E-state index in [9.17, 15) is 0 Å². The van der Waals surface area contributed by atoms with Crippen LogP contribution in [0.25, 0.3) is 0 Å². The molecule has 1 rings (SSSR count). The molecule has 0 spiro atoms. The second-order valence-electron chi connectivity index (χ2n) is 3.71. The molecular formula is C9H19N. The van der Waals surface area contributed by atoms with Crippen LogP contribution in [0.3, 0.4) is 0 Å². The molecule has 0 aromatic heterocycles. The molecule has 10 heavy (non-hydrogen) atoms. The predicted octanol–water partition coefficient (Wildman–Crippen LogP) is 1.89. The highest BCUT2D eigenvalue weighted by Crippen LogP contribution is 2.46. The van der Waals surface area contributed by atoms with Crippen molar-refractivity contribution in [3.63, 3.8) is 0 Å². The lowest BCUT2D eigenvalue weighted by atomic mass is 10.1. The van der Waals surface area contributed by atoms with Gasteiger partial charge in [0, 0.05) is 6.04 Å². The Balaban J connectivity index is 2.36. The molecule has 0 amide bonds. The second kappa shape index (κ2) is 2.91. The van der Waals surface area contributed by atoms with Crippen molar-refractivity contribution in [2.24, 2.45) is 17.8 Å². The fourth-order valence-corrected chi connectivity index (χ4v) is 2.24. The van der Waals surface area contributed by atoms with E-state index in [-0.39, 0.29) is 0 Å². The highest BCUT2D eigenvalue weighted by molar-refractivity contribution is 5.02. The third kappa shape index (κ3) is 1.20. The predicted molar refractivity (Wildman–Crippen MR) is 45.0 cm³/mol. The van der Waals surface area contributed by atoms with Crippen molar-refractivity contribution < 1.29 is 0 Å². The molecule has 0 saturated heterocycles. The molecule has 1 fully saturated rings. The maximum atomic E-state index is 3.37. The Kier molecular flexibility index (Phi) is 2.35.